The fourth-order valence-electron chi connectivity index (χ4n) is 4.06. The number of carbonyl (C=O) groups is 1. The predicted molar refractivity (Wildman–Crippen MR) is 77.2 cm³/mol. The van der Waals surface area contributed by atoms with E-state index in [4.69, 9.17) is 5.11 Å². The molecule has 4 atom stereocenters. The highest BCUT2D eigenvalue weighted by Gasteiger charge is 2.33. The van der Waals surface area contributed by atoms with E-state index in [0.717, 1.165) is 25.3 Å². The summed E-state index contributed by atoms with van der Waals surface area (Å²) in [6.07, 6.45) is 9.76. The lowest BCUT2D eigenvalue weighted by molar-refractivity contribution is -0.144. The average Bonchev–Trinajstić information content (AvgIpc) is 2.63. The van der Waals surface area contributed by atoms with Crippen molar-refractivity contribution >= 4 is 5.97 Å². The molecule has 2 fully saturated rings. The summed E-state index contributed by atoms with van der Waals surface area (Å²) < 4.78 is 0. The molecular weight excluding hydrogens is 238 g/mol. The van der Waals surface area contributed by atoms with Crippen molar-refractivity contribution in [2.24, 2.45) is 11.8 Å². The molecule has 0 spiro atoms. The van der Waals surface area contributed by atoms with Gasteiger partial charge in [0.1, 0.15) is 0 Å². The fraction of sp³-hybridized carbons (Fsp3) is 0.938. The Bertz CT molecular complexity index is 305. The number of carboxylic acid groups (broad SMARTS) is 1. The fourth-order valence-corrected chi connectivity index (χ4v) is 4.06. The van der Waals surface area contributed by atoms with Crippen molar-refractivity contribution in [1.82, 2.24) is 4.90 Å². The smallest absolute Gasteiger partial charge is 0.306 e. The van der Waals surface area contributed by atoms with Crippen molar-refractivity contribution in [3.05, 3.63) is 0 Å². The van der Waals surface area contributed by atoms with Gasteiger partial charge in [-0.05, 0) is 51.5 Å². The summed E-state index contributed by atoms with van der Waals surface area (Å²) in [5, 5.41) is 9.15. The van der Waals surface area contributed by atoms with Crippen molar-refractivity contribution in [3.8, 4) is 0 Å². The Morgan fingerprint density at radius 3 is 2.63 bits per heavy atom. The maximum atomic E-state index is 11.1. The molecule has 3 nitrogen and oxygen atoms in total. The summed E-state index contributed by atoms with van der Waals surface area (Å²) in [7, 11) is 0. The zero-order valence-corrected chi connectivity index (χ0v) is 12.5. The van der Waals surface area contributed by atoms with Crippen molar-refractivity contribution in [1.29, 1.82) is 0 Å². The van der Waals surface area contributed by atoms with Gasteiger partial charge in [-0.15, -0.1) is 0 Å². The van der Waals surface area contributed by atoms with Gasteiger partial charge in [-0.2, -0.15) is 0 Å². The maximum absolute atomic E-state index is 11.1. The van der Waals surface area contributed by atoms with E-state index in [9.17, 15) is 4.79 Å². The Hall–Kier alpha value is -0.570. The Balaban J connectivity index is 1.90. The minimum atomic E-state index is -0.599. The minimum Gasteiger partial charge on any atom is -0.481 e. The van der Waals surface area contributed by atoms with Crippen LogP contribution in [-0.2, 0) is 4.79 Å². The Morgan fingerprint density at radius 2 is 2.00 bits per heavy atom. The molecule has 2 rings (SSSR count). The third-order valence-corrected chi connectivity index (χ3v) is 5.38. The van der Waals surface area contributed by atoms with Crippen LogP contribution < -0.4 is 0 Å². The van der Waals surface area contributed by atoms with E-state index >= 15 is 0 Å². The average molecular weight is 267 g/mol. The van der Waals surface area contributed by atoms with Crippen molar-refractivity contribution in [3.63, 3.8) is 0 Å². The van der Waals surface area contributed by atoms with Gasteiger partial charge in [0.15, 0.2) is 0 Å². The zero-order chi connectivity index (χ0) is 13.8. The van der Waals surface area contributed by atoms with Crippen LogP contribution in [-0.4, -0.2) is 34.6 Å². The van der Waals surface area contributed by atoms with Gasteiger partial charge in [0.2, 0.25) is 0 Å². The summed E-state index contributed by atoms with van der Waals surface area (Å²) in [6, 6.07) is 1.15. The highest BCUT2D eigenvalue weighted by Crippen LogP contribution is 2.32. The van der Waals surface area contributed by atoms with E-state index in [1.165, 1.54) is 38.5 Å². The van der Waals surface area contributed by atoms with Crippen molar-refractivity contribution in [2.45, 2.75) is 77.3 Å². The number of nitrogens with zero attached hydrogens (tertiary/aromatic N) is 1. The molecule has 110 valence electrons. The Morgan fingerprint density at radius 1 is 1.21 bits per heavy atom. The second-order valence-corrected chi connectivity index (χ2v) is 6.58. The molecule has 2 aliphatic rings. The zero-order valence-electron chi connectivity index (χ0n) is 12.5. The SMILES string of the molecule is CCC1CCCC(N2CCC(C(=O)O)CC2C)CC1. The first-order chi connectivity index (χ1) is 9.11. The first-order valence-corrected chi connectivity index (χ1v) is 8.10. The molecule has 1 saturated heterocycles. The normalized spacial score (nSPS) is 37.8. The number of likely N-dealkylation sites (tertiary alicyclic amines) is 1. The van der Waals surface area contributed by atoms with Gasteiger partial charge >= 0.3 is 5.97 Å². The third-order valence-electron chi connectivity index (χ3n) is 5.38. The van der Waals surface area contributed by atoms with E-state index in [1.54, 1.807) is 0 Å². The highest BCUT2D eigenvalue weighted by molar-refractivity contribution is 5.70. The van der Waals surface area contributed by atoms with Crippen LogP contribution in [0.4, 0.5) is 0 Å². The minimum absolute atomic E-state index is 0.111. The number of piperidine rings is 1. The second kappa shape index (κ2) is 6.74. The van der Waals surface area contributed by atoms with Crippen LogP contribution in [0.1, 0.15) is 65.2 Å². The second-order valence-electron chi connectivity index (χ2n) is 6.58. The van der Waals surface area contributed by atoms with E-state index in [2.05, 4.69) is 18.7 Å². The monoisotopic (exact) mass is 267 g/mol. The van der Waals surface area contributed by atoms with E-state index < -0.39 is 5.97 Å². The number of hydrogen-bond donors (Lipinski definition) is 1. The molecule has 1 heterocycles. The summed E-state index contributed by atoms with van der Waals surface area (Å²) in [5.74, 6) is 0.218. The highest BCUT2D eigenvalue weighted by atomic mass is 16.4. The van der Waals surface area contributed by atoms with Crippen LogP contribution in [0.2, 0.25) is 0 Å². The number of carboxylic acids is 1. The first-order valence-electron chi connectivity index (χ1n) is 8.10. The molecule has 3 heteroatoms. The molecule has 1 N–H and O–H groups in total. The summed E-state index contributed by atoms with van der Waals surface area (Å²) in [6.45, 7) is 5.52. The lowest BCUT2D eigenvalue weighted by atomic mass is 9.89. The lowest BCUT2D eigenvalue weighted by Gasteiger charge is -2.41. The van der Waals surface area contributed by atoms with E-state index in [1.807, 2.05) is 0 Å². The first kappa shape index (κ1) is 14.8. The molecule has 4 unspecified atom stereocenters. The molecule has 1 aliphatic carbocycles. The Labute approximate surface area is 117 Å². The Kier molecular flexibility index (Phi) is 5.26. The summed E-state index contributed by atoms with van der Waals surface area (Å²) >= 11 is 0. The van der Waals surface area contributed by atoms with Gasteiger partial charge in [0.25, 0.3) is 0 Å². The van der Waals surface area contributed by atoms with Crippen LogP contribution in [0.3, 0.4) is 0 Å². The van der Waals surface area contributed by atoms with Gasteiger partial charge in [-0.3, -0.25) is 9.69 Å². The molecule has 0 bridgehead atoms. The molecule has 0 amide bonds. The lowest BCUT2D eigenvalue weighted by Crippen LogP contribution is -2.48. The molecule has 1 saturated carbocycles. The molecule has 19 heavy (non-hydrogen) atoms. The predicted octanol–water partition coefficient (Wildman–Crippen LogP) is 3.53. The number of aliphatic carboxylic acids is 1. The van der Waals surface area contributed by atoms with Gasteiger partial charge in [0, 0.05) is 12.1 Å². The third kappa shape index (κ3) is 3.71. The summed E-state index contributed by atoms with van der Waals surface area (Å²) in [4.78, 5) is 13.7. The maximum Gasteiger partial charge on any atom is 0.306 e. The quantitative estimate of drug-likeness (QED) is 0.795. The molecule has 1 aliphatic heterocycles. The largest absolute Gasteiger partial charge is 0.481 e. The van der Waals surface area contributed by atoms with Gasteiger partial charge in [0.05, 0.1) is 5.92 Å². The molecule has 0 radical (unpaired) electrons. The van der Waals surface area contributed by atoms with Crippen molar-refractivity contribution < 1.29 is 9.90 Å². The van der Waals surface area contributed by atoms with Gasteiger partial charge < -0.3 is 5.11 Å². The van der Waals surface area contributed by atoms with E-state index in [0.29, 0.717) is 12.1 Å². The van der Waals surface area contributed by atoms with Gasteiger partial charge in [-0.25, -0.2) is 0 Å². The van der Waals surface area contributed by atoms with Crippen LogP contribution in [0.25, 0.3) is 0 Å². The van der Waals surface area contributed by atoms with Crippen LogP contribution in [0.15, 0.2) is 0 Å². The number of hydrogen-bond acceptors (Lipinski definition) is 2. The van der Waals surface area contributed by atoms with Crippen molar-refractivity contribution in [2.75, 3.05) is 6.54 Å². The molecular formula is C16H29NO2. The van der Waals surface area contributed by atoms with Crippen LogP contribution in [0.5, 0.6) is 0 Å². The van der Waals surface area contributed by atoms with Gasteiger partial charge in [-0.1, -0.05) is 26.2 Å². The molecule has 0 aromatic rings. The summed E-state index contributed by atoms with van der Waals surface area (Å²) in [5.41, 5.74) is 0. The molecule has 0 aromatic heterocycles. The number of rotatable bonds is 3. The van der Waals surface area contributed by atoms with Crippen LogP contribution in [0, 0.1) is 11.8 Å². The van der Waals surface area contributed by atoms with Crippen LogP contribution >= 0.6 is 0 Å². The molecule has 0 aromatic carbocycles. The topological polar surface area (TPSA) is 40.5 Å². The van der Waals surface area contributed by atoms with E-state index in [-0.39, 0.29) is 5.92 Å². The standard InChI is InChI=1S/C16H29NO2/c1-3-13-5-4-6-15(8-7-13)17-10-9-14(16(18)19)11-12(17)2/h12-15H,3-11H2,1-2H3,(H,18,19).